The number of aromatic nitrogens is 3. The summed E-state index contributed by atoms with van der Waals surface area (Å²) < 4.78 is 8.01. The van der Waals surface area contributed by atoms with E-state index >= 15 is 0 Å². The summed E-state index contributed by atoms with van der Waals surface area (Å²) in [6, 6.07) is 25.4. The maximum Gasteiger partial charge on any atom is 0.251 e. The zero-order valence-electron chi connectivity index (χ0n) is 25.0. The van der Waals surface area contributed by atoms with Crippen LogP contribution in [0.3, 0.4) is 0 Å². The van der Waals surface area contributed by atoms with Gasteiger partial charge in [-0.2, -0.15) is 0 Å². The Balaban J connectivity index is 1.50. The van der Waals surface area contributed by atoms with E-state index in [1.807, 2.05) is 78.2 Å². The minimum Gasteiger partial charge on any atom is -0.457 e. The number of aryl methyl sites for hydroxylation is 1. The maximum absolute atomic E-state index is 13.1. The first kappa shape index (κ1) is 30.7. The Hall–Kier alpha value is -5.71. The van der Waals surface area contributed by atoms with Crippen molar-refractivity contribution < 1.29 is 14.3 Å². The highest BCUT2D eigenvalue weighted by atomic mass is 16.5. The predicted molar refractivity (Wildman–Crippen MR) is 175 cm³/mol. The van der Waals surface area contributed by atoms with Gasteiger partial charge in [-0.15, -0.1) is 0 Å². The number of rotatable bonds is 13. The molecule has 0 saturated heterocycles. The molecule has 7 N–H and O–H groups in total. The zero-order chi connectivity index (χ0) is 31.8. The van der Waals surface area contributed by atoms with Gasteiger partial charge in [0.15, 0.2) is 5.96 Å². The number of primary amides is 1. The largest absolute Gasteiger partial charge is 0.457 e. The lowest BCUT2D eigenvalue weighted by atomic mass is 10.1. The fraction of sp³-hybridized carbons (Fsp3) is 0.206. The Morgan fingerprint density at radius 2 is 1.80 bits per heavy atom. The Morgan fingerprint density at radius 3 is 2.56 bits per heavy atom. The number of para-hydroxylation sites is 1. The number of ether oxygens (including phenoxy) is 1. The van der Waals surface area contributed by atoms with Gasteiger partial charge in [0.1, 0.15) is 23.4 Å². The molecule has 3 aromatic carbocycles. The normalized spacial score (nSPS) is 11.6. The Bertz CT molecular complexity index is 1830. The predicted octanol–water partition coefficient (Wildman–Crippen LogP) is 4.25. The van der Waals surface area contributed by atoms with E-state index in [4.69, 9.17) is 26.9 Å². The molecule has 0 unspecified atom stereocenters. The molecule has 230 valence electrons. The number of nitrogens with one attached hydrogen (secondary N) is 1. The number of aliphatic imine (C=N–C) groups is 1. The molecule has 45 heavy (non-hydrogen) atoms. The summed E-state index contributed by atoms with van der Waals surface area (Å²) in [5.74, 6) is 1.08. The summed E-state index contributed by atoms with van der Waals surface area (Å²) in [6.07, 6.45) is 3.22. The fourth-order valence-electron chi connectivity index (χ4n) is 5.10. The molecule has 11 heteroatoms. The highest BCUT2D eigenvalue weighted by Crippen LogP contribution is 2.34. The number of hydrogen-bond donors (Lipinski definition) is 4. The van der Waals surface area contributed by atoms with Crippen LogP contribution in [-0.4, -0.2) is 45.4 Å². The smallest absolute Gasteiger partial charge is 0.251 e. The Morgan fingerprint density at radius 1 is 0.978 bits per heavy atom. The fourth-order valence-corrected chi connectivity index (χ4v) is 5.10. The van der Waals surface area contributed by atoms with Crippen molar-refractivity contribution in [3.05, 3.63) is 108 Å². The van der Waals surface area contributed by atoms with Crippen LogP contribution in [-0.2, 0) is 11.2 Å². The number of amides is 2. The van der Waals surface area contributed by atoms with Crippen molar-refractivity contribution in [2.75, 3.05) is 13.1 Å². The molecule has 0 saturated carbocycles. The lowest BCUT2D eigenvalue weighted by Gasteiger charge is -2.19. The van der Waals surface area contributed by atoms with Crippen LogP contribution in [0.15, 0.2) is 96.1 Å². The Labute approximate surface area is 261 Å². The van der Waals surface area contributed by atoms with Crippen LogP contribution in [0.4, 0.5) is 0 Å². The SMILES string of the molecule is Cc1ccccc1Oc1cccc(-c2nc3cc(C(=O)NCCc4ccccn4)ccc3n2[C@H](CCCN=C(N)N)C(N)=O)c1. The van der Waals surface area contributed by atoms with E-state index in [-0.39, 0.29) is 11.9 Å². The van der Waals surface area contributed by atoms with E-state index in [9.17, 15) is 9.59 Å². The van der Waals surface area contributed by atoms with Crippen LogP contribution in [0.2, 0.25) is 0 Å². The number of carbonyl (C=O) groups is 2. The lowest BCUT2D eigenvalue weighted by Crippen LogP contribution is -2.28. The zero-order valence-corrected chi connectivity index (χ0v) is 25.0. The standard InChI is InChI=1S/C34H36N8O3/c1-22-8-2-3-13-30(22)45-26-11-6-9-23(20-26)32-41-27-21-24(33(44)39-19-16-25-10-4-5-17-38-25)14-15-28(27)42(32)29(31(35)43)12-7-18-40-34(36)37/h2-6,8-11,13-15,17,20-21,29H,7,12,16,18-19H2,1H3,(H2,35,43)(H,39,44)(H4,36,37,40)/t29-/m1/s1. The van der Waals surface area contributed by atoms with Gasteiger partial charge in [0.2, 0.25) is 5.91 Å². The highest BCUT2D eigenvalue weighted by molar-refractivity contribution is 5.98. The summed E-state index contributed by atoms with van der Waals surface area (Å²) in [6.45, 7) is 2.75. The van der Waals surface area contributed by atoms with Gasteiger partial charge in [-0.25, -0.2) is 4.98 Å². The van der Waals surface area contributed by atoms with E-state index < -0.39 is 11.9 Å². The first-order chi connectivity index (χ1) is 21.8. The summed E-state index contributed by atoms with van der Waals surface area (Å²) in [5, 5.41) is 2.95. The molecule has 0 aliphatic rings. The molecule has 1 atom stereocenters. The van der Waals surface area contributed by atoms with Crippen molar-refractivity contribution >= 4 is 28.8 Å². The highest BCUT2D eigenvalue weighted by Gasteiger charge is 2.25. The number of carbonyl (C=O) groups excluding carboxylic acids is 2. The van der Waals surface area contributed by atoms with Crippen LogP contribution in [0.1, 0.15) is 40.5 Å². The molecule has 5 rings (SSSR count). The number of imidazole rings is 1. The second-order valence-electron chi connectivity index (χ2n) is 10.6. The van der Waals surface area contributed by atoms with E-state index in [1.165, 1.54) is 0 Å². The van der Waals surface area contributed by atoms with Crippen molar-refractivity contribution in [3.8, 4) is 22.9 Å². The van der Waals surface area contributed by atoms with Gasteiger partial charge in [0.25, 0.3) is 5.91 Å². The molecule has 2 aromatic heterocycles. The number of nitrogens with two attached hydrogens (primary N) is 3. The molecule has 0 aliphatic carbocycles. The minimum absolute atomic E-state index is 0.0179. The summed E-state index contributed by atoms with van der Waals surface area (Å²) >= 11 is 0. The van der Waals surface area contributed by atoms with Crippen molar-refractivity contribution in [2.45, 2.75) is 32.2 Å². The number of fused-ring (bicyclic) bond motifs is 1. The maximum atomic E-state index is 13.1. The molecule has 0 bridgehead atoms. The summed E-state index contributed by atoms with van der Waals surface area (Å²) in [4.78, 5) is 39.2. The summed E-state index contributed by atoms with van der Waals surface area (Å²) in [7, 11) is 0. The van der Waals surface area contributed by atoms with Crippen LogP contribution < -0.4 is 27.3 Å². The molecular weight excluding hydrogens is 568 g/mol. The average molecular weight is 605 g/mol. The van der Waals surface area contributed by atoms with Crippen LogP contribution in [0.25, 0.3) is 22.4 Å². The molecule has 0 fully saturated rings. The van der Waals surface area contributed by atoms with E-state index in [0.29, 0.717) is 66.1 Å². The van der Waals surface area contributed by atoms with E-state index in [1.54, 1.807) is 24.4 Å². The third kappa shape index (κ3) is 7.63. The van der Waals surface area contributed by atoms with Crippen molar-refractivity contribution in [2.24, 2.45) is 22.2 Å². The average Bonchev–Trinajstić information content (AvgIpc) is 3.41. The minimum atomic E-state index is -0.752. The second-order valence-corrected chi connectivity index (χ2v) is 10.6. The Kier molecular flexibility index (Phi) is 9.68. The van der Waals surface area contributed by atoms with Gasteiger partial charge in [0.05, 0.1) is 11.0 Å². The third-order valence-electron chi connectivity index (χ3n) is 7.33. The number of benzene rings is 3. The van der Waals surface area contributed by atoms with Gasteiger partial charge in [-0.05, 0) is 73.9 Å². The summed E-state index contributed by atoms with van der Waals surface area (Å²) in [5.41, 5.74) is 21.2. The molecule has 2 heterocycles. The lowest BCUT2D eigenvalue weighted by molar-refractivity contribution is -0.121. The van der Waals surface area contributed by atoms with Gasteiger partial charge in [-0.3, -0.25) is 19.6 Å². The number of hydrogen-bond acceptors (Lipinski definition) is 6. The van der Waals surface area contributed by atoms with Crippen LogP contribution in [0, 0.1) is 6.92 Å². The van der Waals surface area contributed by atoms with E-state index in [0.717, 1.165) is 17.0 Å². The van der Waals surface area contributed by atoms with Gasteiger partial charge in [0, 0.05) is 42.5 Å². The molecule has 2 amide bonds. The number of nitrogens with zero attached hydrogens (tertiary/aromatic N) is 4. The van der Waals surface area contributed by atoms with Gasteiger partial charge >= 0.3 is 0 Å². The second kappa shape index (κ2) is 14.2. The quantitative estimate of drug-likeness (QED) is 0.0882. The van der Waals surface area contributed by atoms with Gasteiger partial charge in [-0.1, -0.05) is 36.4 Å². The van der Waals surface area contributed by atoms with Crippen molar-refractivity contribution in [3.63, 3.8) is 0 Å². The molecule has 0 spiro atoms. The number of guanidine groups is 1. The molecule has 5 aromatic rings. The topological polar surface area (TPSA) is 177 Å². The monoisotopic (exact) mass is 604 g/mol. The molecule has 11 nitrogen and oxygen atoms in total. The van der Waals surface area contributed by atoms with E-state index in [2.05, 4.69) is 15.3 Å². The number of pyridine rings is 1. The third-order valence-corrected chi connectivity index (χ3v) is 7.33. The molecule has 0 radical (unpaired) electrons. The van der Waals surface area contributed by atoms with Crippen molar-refractivity contribution in [1.82, 2.24) is 19.9 Å². The molecular formula is C34H36N8O3. The van der Waals surface area contributed by atoms with Crippen LogP contribution >= 0.6 is 0 Å². The first-order valence-electron chi connectivity index (χ1n) is 14.7. The molecule has 0 aliphatic heterocycles. The first-order valence-corrected chi connectivity index (χ1v) is 14.7. The van der Waals surface area contributed by atoms with Crippen molar-refractivity contribution in [1.29, 1.82) is 0 Å². The van der Waals surface area contributed by atoms with Gasteiger partial charge < -0.3 is 31.8 Å². The van der Waals surface area contributed by atoms with Crippen LogP contribution in [0.5, 0.6) is 11.5 Å².